The van der Waals surface area contributed by atoms with E-state index in [0.29, 0.717) is 5.69 Å². The molecule has 4 nitrogen and oxygen atoms in total. The molecule has 0 amide bonds. The van der Waals surface area contributed by atoms with Crippen molar-refractivity contribution in [2.45, 2.75) is 0 Å². The second kappa shape index (κ2) is 5.39. The van der Waals surface area contributed by atoms with Crippen molar-refractivity contribution in [3.8, 4) is 0 Å². The molecule has 0 N–H and O–H groups in total. The number of rotatable bonds is 4. The highest BCUT2D eigenvalue weighted by atomic mass is 19.1. The Morgan fingerprint density at radius 3 is 2.26 bits per heavy atom. The standard InChI is InChI=1S/C14H11FN2O2/c1-17(16-19)13-9-5-3-7-11(13)14(18)10-6-2-4-8-12(10)15/h2-9H,1H3. The summed E-state index contributed by atoms with van der Waals surface area (Å²) in [4.78, 5) is 22.9. The minimum atomic E-state index is -0.594. The summed E-state index contributed by atoms with van der Waals surface area (Å²) >= 11 is 0. The maximum atomic E-state index is 13.6. The van der Waals surface area contributed by atoms with Crippen LogP contribution in [0.1, 0.15) is 15.9 Å². The highest BCUT2D eigenvalue weighted by Crippen LogP contribution is 2.23. The third-order valence-corrected chi connectivity index (χ3v) is 2.74. The van der Waals surface area contributed by atoms with E-state index in [1.807, 2.05) is 0 Å². The fourth-order valence-electron chi connectivity index (χ4n) is 1.78. The summed E-state index contributed by atoms with van der Waals surface area (Å²) in [7, 11) is 1.43. The van der Waals surface area contributed by atoms with Crippen molar-refractivity contribution in [1.29, 1.82) is 0 Å². The molecule has 2 rings (SSSR count). The van der Waals surface area contributed by atoms with Crippen molar-refractivity contribution in [2.75, 3.05) is 12.1 Å². The van der Waals surface area contributed by atoms with Crippen LogP contribution in [0.2, 0.25) is 0 Å². The van der Waals surface area contributed by atoms with E-state index >= 15 is 0 Å². The number of carbonyl (C=O) groups excluding carboxylic acids is 1. The number of anilines is 1. The van der Waals surface area contributed by atoms with Gasteiger partial charge in [0.25, 0.3) is 0 Å². The molecule has 0 heterocycles. The van der Waals surface area contributed by atoms with E-state index in [1.54, 1.807) is 24.3 Å². The zero-order chi connectivity index (χ0) is 13.8. The predicted octanol–water partition coefficient (Wildman–Crippen LogP) is 3.17. The van der Waals surface area contributed by atoms with Crippen molar-refractivity contribution < 1.29 is 9.18 Å². The molecule has 0 atom stereocenters. The van der Waals surface area contributed by atoms with Gasteiger partial charge in [-0.1, -0.05) is 24.3 Å². The van der Waals surface area contributed by atoms with E-state index in [0.717, 1.165) is 5.01 Å². The third kappa shape index (κ3) is 2.49. The van der Waals surface area contributed by atoms with Gasteiger partial charge in [0.2, 0.25) is 0 Å². The first-order valence-corrected chi connectivity index (χ1v) is 5.60. The molecule has 0 radical (unpaired) electrons. The van der Waals surface area contributed by atoms with Gasteiger partial charge in [-0.25, -0.2) is 9.40 Å². The molecule has 2 aromatic rings. The van der Waals surface area contributed by atoms with Crippen LogP contribution in [0.25, 0.3) is 0 Å². The Bertz CT molecular complexity index is 628. The number of nitroso groups, excluding NO2 is 1. The smallest absolute Gasteiger partial charge is 0.198 e. The maximum absolute atomic E-state index is 13.6. The molecule has 0 spiro atoms. The zero-order valence-corrected chi connectivity index (χ0v) is 10.2. The Labute approximate surface area is 109 Å². The summed E-state index contributed by atoms with van der Waals surface area (Å²) in [6.07, 6.45) is 0. The first-order valence-electron chi connectivity index (χ1n) is 5.60. The molecule has 0 saturated carbocycles. The van der Waals surface area contributed by atoms with Gasteiger partial charge in [0.15, 0.2) is 5.78 Å². The van der Waals surface area contributed by atoms with Gasteiger partial charge in [0.1, 0.15) is 5.82 Å². The quantitative estimate of drug-likeness (QED) is 0.481. The molecule has 96 valence electrons. The number of hydrogen-bond donors (Lipinski definition) is 0. The van der Waals surface area contributed by atoms with Crippen molar-refractivity contribution in [3.05, 3.63) is 70.4 Å². The fraction of sp³-hybridized carbons (Fsp3) is 0.0714. The highest BCUT2D eigenvalue weighted by molar-refractivity contribution is 6.12. The summed E-state index contributed by atoms with van der Waals surface area (Å²) in [5, 5.41) is 3.79. The lowest BCUT2D eigenvalue weighted by atomic mass is 10.0. The van der Waals surface area contributed by atoms with Crippen LogP contribution in [0.5, 0.6) is 0 Å². The van der Waals surface area contributed by atoms with E-state index in [-0.39, 0.29) is 11.1 Å². The summed E-state index contributed by atoms with van der Waals surface area (Å²) in [5.74, 6) is -1.08. The fourth-order valence-corrected chi connectivity index (χ4v) is 1.78. The number of benzene rings is 2. The first-order chi connectivity index (χ1) is 9.15. The van der Waals surface area contributed by atoms with Gasteiger partial charge in [0, 0.05) is 12.6 Å². The molecule has 0 aliphatic rings. The predicted molar refractivity (Wildman–Crippen MR) is 70.5 cm³/mol. The average Bonchev–Trinajstić information content (AvgIpc) is 2.46. The van der Waals surface area contributed by atoms with Crippen LogP contribution in [0.3, 0.4) is 0 Å². The molecule has 0 saturated heterocycles. The molecule has 0 aromatic heterocycles. The molecule has 0 aliphatic carbocycles. The van der Waals surface area contributed by atoms with Crippen LogP contribution in [0.4, 0.5) is 10.1 Å². The summed E-state index contributed by atoms with van der Waals surface area (Å²) < 4.78 is 13.6. The molecular formula is C14H11FN2O2. The van der Waals surface area contributed by atoms with Gasteiger partial charge in [0.05, 0.1) is 16.5 Å². The lowest BCUT2D eigenvalue weighted by molar-refractivity contribution is 0.103. The topological polar surface area (TPSA) is 49.7 Å². The number of halogens is 1. The number of ketones is 1. The second-order valence-electron chi connectivity index (χ2n) is 3.93. The van der Waals surface area contributed by atoms with Crippen molar-refractivity contribution in [2.24, 2.45) is 5.29 Å². The molecule has 2 aromatic carbocycles. The van der Waals surface area contributed by atoms with E-state index in [9.17, 15) is 14.1 Å². The average molecular weight is 258 g/mol. The Kier molecular flexibility index (Phi) is 3.66. The molecule has 19 heavy (non-hydrogen) atoms. The number of para-hydroxylation sites is 1. The van der Waals surface area contributed by atoms with Crippen LogP contribution in [-0.2, 0) is 0 Å². The Balaban J connectivity index is 2.51. The van der Waals surface area contributed by atoms with Crippen LogP contribution < -0.4 is 5.01 Å². The monoisotopic (exact) mass is 258 g/mol. The molecule has 0 unspecified atom stereocenters. The van der Waals surface area contributed by atoms with Crippen molar-refractivity contribution in [1.82, 2.24) is 0 Å². The summed E-state index contributed by atoms with van der Waals surface area (Å²) in [5.41, 5.74) is 0.537. The van der Waals surface area contributed by atoms with Gasteiger partial charge in [-0.2, -0.15) is 0 Å². The van der Waals surface area contributed by atoms with Gasteiger partial charge in [-0.3, -0.25) is 4.79 Å². The lowest BCUT2D eigenvalue weighted by Crippen LogP contribution is -2.13. The molecular weight excluding hydrogens is 247 g/mol. The Hall–Kier alpha value is -2.56. The van der Waals surface area contributed by atoms with Crippen LogP contribution >= 0.6 is 0 Å². The molecule has 0 fully saturated rings. The van der Waals surface area contributed by atoms with Crippen molar-refractivity contribution >= 4 is 11.5 Å². The SMILES string of the molecule is CN(N=O)c1ccccc1C(=O)c1ccccc1F. The van der Waals surface area contributed by atoms with E-state index in [1.165, 1.54) is 31.3 Å². The number of hydrogen-bond acceptors (Lipinski definition) is 3. The molecule has 0 bridgehead atoms. The van der Waals surface area contributed by atoms with Gasteiger partial charge in [-0.05, 0) is 24.3 Å². The van der Waals surface area contributed by atoms with E-state index in [4.69, 9.17) is 0 Å². The number of carbonyl (C=O) groups is 1. The minimum absolute atomic E-state index is 0.0331. The van der Waals surface area contributed by atoms with Gasteiger partial charge in [-0.15, -0.1) is 4.91 Å². The minimum Gasteiger partial charge on any atom is -0.288 e. The largest absolute Gasteiger partial charge is 0.288 e. The number of nitrogens with zero attached hydrogens (tertiary/aromatic N) is 2. The molecule has 0 aliphatic heterocycles. The van der Waals surface area contributed by atoms with Crippen LogP contribution in [0.15, 0.2) is 53.8 Å². The lowest BCUT2D eigenvalue weighted by Gasteiger charge is -2.13. The Morgan fingerprint density at radius 2 is 1.63 bits per heavy atom. The molecule has 5 heteroatoms. The van der Waals surface area contributed by atoms with E-state index < -0.39 is 11.6 Å². The first kappa shape index (κ1) is 12.9. The second-order valence-corrected chi connectivity index (χ2v) is 3.93. The van der Waals surface area contributed by atoms with Crippen LogP contribution in [-0.4, -0.2) is 12.8 Å². The normalized spacial score (nSPS) is 10.0. The van der Waals surface area contributed by atoms with E-state index in [2.05, 4.69) is 5.29 Å². The van der Waals surface area contributed by atoms with Gasteiger partial charge < -0.3 is 0 Å². The maximum Gasteiger partial charge on any atom is 0.198 e. The van der Waals surface area contributed by atoms with Crippen LogP contribution in [0, 0.1) is 10.7 Å². The summed E-state index contributed by atoms with van der Waals surface area (Å²) in [6, 6.07) is 12.2. The van der Waals surface area contributed by atoms with Crippen molar-refractivity contribution in [3.63, 3.8) is 0 Å². The zero-order valence-electron chi connectivity index (χ0n) is 10.2. The summed E-state index contributed by atoms with van der Waals surface area (Å²) in [6.45, 7) is 0. The third-order valence-electron chi connectivity index (χ3n) is 2.74. The Morgan fingerprint density at radius 1 is 1.05 bits per heavy atom. The highest BCUT2D eigenvalue weighted by Gasteiger charge is 2.18. The van der Waals surface area contributed by atoms with Gasteiger partial charge >= 0.3 is 0 Å².